The van der Waals surface area contributed by atoms with Crippen molar-refractivity contribution in [3.63, 3.8) is 0 Å². The van der Waals surface area contributed by atoms with Crippen LogP contribution in [0.1, 0.15) is 29.7 Å². The third-order valence-corrected chi connectivity index (χ3v) is 2.94. The Balaban J connectivity index is 2.16. The standard InChI is InChI=1S/C11H13F3N2O2/c1-2-18-10(17)8-6-16-5-7(11(12,13)14)3-4-9(16)15-8/h6-7H,2-5H2,1H3/t7-/m1/s1. The van der Waals surface area contributed by atoms with E-state index in [4.69, 9.17) is 4.74 Å². The summed E-state index contributed by atoms with van der Waals surface area (Å²) < 4.78 is 43.9. The molecule has 2 rings (SSSR count). The predicted molar refractivity (Wildman–Crippen MR) is 56.0 cm³/mol. The van der Waals surface area contributed by atoms with Gasteiger partial charge in [-0.2, -0.15) is 13.2 Å². The van der Waals surface area contributed by atoms with Gasteiger partial charge in [-0.15, -0.1) is 0 Å². The number of aromatic nitrogens is 2. The summed E-state index contributed by atoms with van der Waals surface area (Å²) >= 11 is 0. The van der Waals surface area contributed by atoms with Crippen LogP contribution in [0.4, 0.5) is 13.2 Å². The van der Waals surface area contributed by atoms with Crippen molar-refractivity contribution in [2.75, 3.05) is 6.61 Å². The maximum atomic E-state index is 12.6. The average molecular weight is 262 g/mol. The molecule has 100 valence electrons. The van der Waals surface area contributed by atoms with Crippen molar-refractivity contribution >= 4 is 5.97 Å². The summed E-state index contributed by atoms with van der Waals surface area (Å²) in [4.78, 5) is 15.4. The molecule has 0 aliphatic carbocycles. The first-order valence-corrected chi connectivity index (χ1v) is 5.71. The van der Waals surface area contributed by atoms with Gasteiger partial charge in [-0.05, 0) is 13.3 Å². The second-order valence-corrected chi connectivity index (χ2v) is 4.19. The summed E-state index contributed by atoms with van der Waals surface area (Å²) in [6.45, 7) is 1.70. The topological polar surface area (TPSA) is 44.1 Å². The van der Waals surface area contributed by atoms with E-state index >= 15 is 0 Å². The van der Waals surface area contributed by atoms with Gasteiger partial charge in [-0.1, -0.05) is 0 Å². The molecule has 4 nitrogen and oxygen atoms in total. The molecule has 0 saturated heterocycles. The summed E-state index contributed by atoms with van der Waals surface area (Å²) in [5.74, 6) is -1.45. The number of halogens is 3. The molecule has 1 aliphatic heterocycles. The van der Waals surface area contributed by atoms with Gasteiger partial charge in [0.2, 0.25) is 0 Å². The lowest BCUT2D eigenvalue weighted by Gasteiger charge is -2.25. The number of carbonyl (C=O) groups is 1. The van der Waals surface area contributed by atoms with Crippen molar-refractivity contribution in [3.8, 4) is 0 Å². The average Bonchev–Trinajstić information content (AvgIpc) is 2.70. The summed E-state index contributed by atoms with van der Waals surface area (Å²) in [5.41, 5.74) is 0.0784. The number of aryl methyl sites for hydroxylation is 1. The van der Waals surface area contributed by atoms with Crippen LogP contribution in [0, 0.1) is 5.92 Å². The molecule has 0 N–H and O–H groups in total. The molecule has 0 saturated carbocycles. The van der Waals surface area contributed by atoms with Crippen LogP contribution in [0.15, 0.2) is 6.20 Å². The lowest BCUT2D eigenvalue weighted by Crippen LogP contribution is -2.31. The Morgan fingerprint density at radius 1 is 1.61 bits per heavy atom. The molecule has 2 heterocycles. The first-order valence-electron chi connectivity index (χ1n) is 5.71. The second-order valence-electron chi connectivity index (χ2n) is 4.19. The molecule has 0 amide bonds. The Morgan fingerprint density at radius 3 is 2.94 bits per heavy atom. The molecule has 1 aromatic rings. The second kappa shape index (κ2) is 4.62. The lowest BCUT2D eigenvalue weighted by molar-refractivity contribution is -0.182. The van der Waals surface area contributed by atoms with Crippen LogP contribution in [0.3, 0.4) is 0 Å². The van der Waals surface area contributed by atoms with Crippen LogP contribution in [0.2, 0.25) is 0 Å². The number of carbonyl (C=O) groups excluding carboxylic acids is 1. The van der Waals surface area contributed by atoms with E-state index in [-0.39, 0.29) is 31.7 Å². The quantitative estimate of drug-likeness (QED) is 0.767. The molecule has 18 heavy (non-hydrogen) atoms. The maximum absolute atomic E-state index is 12.6. The van der Waals surface area contributed by atoms with Gasteiger partial charge in [0.15, 0.2) is 5.69 Å². The van der Waals surface area contributed by atoms with Crippen molar-refractivity contribution in [2.45, 2.75) is 32.5 Å². The summed E-state index contributed by atoms with van der Waals surface area (Å²) in [6, 6.07) is 0. The Labute approximate surface area is 102 Å². The van der Waals surface area contributed by atoms with Crippen molar-refractivity contribution in [1.82, 2.24) is 9.55 Å². The van der Waals surface area contributed by atoms with E-state index in [9.17, 15) is 18.0 Å². The number of alkyl halides is 3. The Morgan fingerprint density at radius 2 is 2.33 bits per heavy atom. The Bertz CT molecular complexity index is 454. The molecule has 1 aromatic heterocycles. The third kappa shape index (κ3) is 2.49. The van der Waals surface area contributed by atoms with E-state index in [0.29, 0.717) is 5.82 Å². The van der Waals surface area contributed by atoms with E-state index in [0.717, 1.165) is 0 Å². The number of hydrogen-bond donors (Lipinski definition) is 0. The van der Waals surface area contributed by atoms with Crippen molar-refractivity contribution in [1.29, 1.82) is 0 Å². The molecular weight excluding hydrogens is 249 g/mol. The number of nitrogens with zero attached hydrogens (tertiary/aromatic N) is 2. The molecule has 0 radical (unpaired) electrons. The number of rotatable bonds is 2. The summed E-state index contributed by atoms with van der Waals surface area (Å²) in [6.07, 6.45) is -2.62. The molecule has 1 atom stereocenters. The van der Waals surface area contributed by atoms with Crippen molar-refractivity contribution in [2.24, 2.45) is 5.92 Å². The van der Waals surface area contributed by atoms with Crippen LogP contribution in [-0.2, 0) is 17.7 Å². The fourth-order valence-electron chi connectivity index (χ4n) is 2.01. The minimum Gasteiger partial charge on any atom is -0.461 e. The predicted octanol–water partition coefficient (Wildman–Crippen LogP) is 2.18. The van der Waals surface area contributed by atoms with Gasteiger partial charge >= 0.3 is 12.1 Å². The summed E-state index contributed by atoms with van der Waals surface area (Å²) in [7, 11) is 0. The highest BCUT2D eigenvalue weighted by atomic mass is 19.4. The zero-order valence-corrected chi connectivity index (χ0v) is 9.83. The van der Waals surface area contributed by atoms with Gasteiger partial charge in [0.05, 0.1) is 12.5 Å². The van der Waals surface area contributed by atoms with E-state index in [2.05, 4.69) is 4.98 Å². The van der Waals surface area contributed by atoms with Crippen molar-refractivity contribution < 1.29 is 22.7 Å². The van der Waals surface area contributed by atoms with Gasteiger partial charge in [0.1, 0.15) is 5.82 Å². The van der Waals surface area contributed by atoms with Crippen LogP contribution in [0.25, 0.3) is 0 Å². The number of esters is 1. The summed E-state index contributed by atoms with van der Waals surface area (Å²) in [5, 5.41) is 0. The van der Waals surface area contributed by atoms with Crippen LogP contribution < -0.4 is 0 Å². The van der Waals surface area contributed by atoms with E-state index < -0.39 is 18.1 Å². The number of hydrogen-bond acceptors (Lipinski definition) is 3. The van der Waals surface area contributed by atoms with Crippen LogP contribution >= 0.6 is 0 Å². The molecule has 0 spiro atoms. The Kier molecular flexibility index (Phi) is 3.32. The fraction of sp³-hybridized carbons (Fsp3) is 0.636. The smallest absolute Gasteiger partial charge is 0.393 e. The van der Waals surface area contributed by atoms with Gasteiger partial charge in [-0.25, -0.2) is 9.78 Å². The van der Waals surface area contributed by atoms with Gasteiger partial charge < -0.3 is 9.30 Å². The zero-order chi connectivity index (χ0) is 13.3. The van der Waals surface area contributed by atoms with Gasteiger partial charge in [0, 0.05) is 19.2 Å². The maximum Gasteiger partial charge on any atom is 0.393 e. The third-order valence-electron chi connectivity index (χ3n) is 2.94. The van der Waals surface area contributed by atoms with E-state index in [1.165, 1.54) is 10.8 Å². The van der Waals surface area contributed by atoms with E-state index in [1.54, 1.807) is 6.92 Å². The molecule has 1 aliphatic rings. The highest BCUT2D eigenvalue weighted by Crippen LogP contribution is 2.34. The van der Waals surface area contributed by atoms with Crippen LogP contribution in [0.5, 0.6) is 0 Å². The minimum absolute atomic E-state index is 0.0166. The molecular formula is C11H13F3N2O2. The van der Waals surface area contributed by atoms with Gasteiger partial charge in [-0.3, -0.25) is 0 Å². The molecule has 7 heteroatoms. The number of imidazole rings is 1. The fourth-order valence-corrected chi connectivity index (χ4v) is 2.01. The van der Waals surface area contributed by atoms with Crippen LogP contribution in [-0.4, -0.2) is 28.3 Å². The minimum atomic E-state index is -4.20. The zero-order valence-electron chi connectivity index (χ0n) is 9.83. The first-order chi connectivity index (χ1) is 8.41. The highest BCUT2D eigenvalue weighted by Gasteiger charge is 2.41. The monoisotopic (exact) mass is 262 g/mol. The SMILES string of the molecule is CCOC(=O)c1cn2c(n1)CC[C@@H](C(F)(F)F)C2. The number of ether oxygens (including phenoxy) is 1. The normalized spacial score (nSPS) is 19.4. The van der Waals surface area contributed by atoms with E-state index in [1.807, 2.05) is 0 Å². The van der Waals surface area contributed by atoms with Crippen molar-refractivity contribution in [3.05, 3.63) is 17.7 Å². The molecule has 0 bridgehead atoms. The highest BCUT2D eigenvalue weighted by molar-refractivity contribution is 5.87. The largest absolute Gasteiger partial charge is 0.461 e. The molecule has 0 aromatic carbocycles. The molecule has 0 unspecified atom stereocenters. The first kappa shape index (κ1) is 12.9. The number of fused-ring (bicyclic) bond motifs is 1. The lowest BCUT2D eigenvalue weighted by atomic mass is 9.99. The van der Waals surface area contributed by atoms with Gasteiger partial charge in [0.25, 0.3) is 0 Å². The Hall–Kier alpha value is -1.53. The molecule has 0 fully saturated rings.